The first-order valence-corrected chi connectivity index (χ1v) is 16.4. The molecule has 2 amide bonds. The van der Waals surface area contributed by atoms with E-state index in [0.717, 1.165) is 35.6 Å². The van der Waals surface area contributed by atoms with Crippen LogP contribution in [0.25, 0.3) is 0 Å². The minimum Gasteiger partial charge on any atom is -0.352 e. The number of nitrogens with one attached hydrogen (secondary N) is 1. The van der Waals surface area contributed by atoms with Crippen molar-refractivity contribution in [3.8, 4) is 0 Å². The molecular weight excluding hydrogens is 593 g/mol. The Morgan fingerprint density at radius 1 is 0.976 bits per heavy atom. The van der Waals surface area contributed by atoms with E-state index < -0.39 is 28.5 Å². The molecule has 0 heterocycles. The molecule has 1 atom stereocenters. The second kappa shape index (κ2) is 13.9. The fraction of sp³-hybridized carbons (Fsp3) is 0.375. The molecular formula is C32H37Cl2N3O4S. The number of anilines is 1. The van der Waals surface area contributed by atoms with Gasteiger partial charge < -0.3 is 10.2 Å². The number of hydrogen-bond acceptors (Lipinski definition) is 4. The molecule has 0 aliphatic heterocycles. The number of aryl methyl sites for hydroxylation is 2. The van der Waals surface area contributed by atoms with Crippen LogP contribution in [0.5, 0.6) is 0 Å². The molecule has 10 heteroatoms. The Hall–Kier alpha value is -3.07. The Kier molecular flexibility index (Phi) is 10.6. The van der Waals surface area contributed by atoms with Crippen LogP contribution in [0.15, 0.2) is 71.6 Å². The van der Waals surface area contributed by atoms with Crippen molar-refractivity contribution < 1.29 is 18.0 Å². The van der Waals surface area contributed by atoms with Crippen molar-refractivity contribution in [3.63, 3.8) is 0 Å². The minimum absolute atomic E-state index is 0.0115. The van der Waals surface area contributed by atoms with E-state index in [1.807, 2.05) is 19.9 Å². The molecule has 1 fully saturated rings. The monoisotopic (exact) mass is 629 g/mol. The van der Waals surface area contributed by atoms with Crippen molar-refractivity contribution in [1.82, 2.24) is 10.2 Å². The number of sulfonamides is 1. The second-order valence-corrected chi connectivity index (χ2v) is 13.5. The number of halogens is 2. The van der Waals surface area contributed by atoms with Gasteiger partial charge in [0.2, 0.25) is 11.8 Å². The first kappa shape index (κ1) is 31.9. The average Bonchev–Trinajstić information content (AvgIpc) is 3.46. The molecule has 0 unspecified atom stereocenters. The summed E-state index contributed by atoms with van der Waals surface area (Å²) in [5.74, 6) is -0.778. The lowest BCUT2D eigenvalue weighted by Crippen LogP contribution is -2.53. The van der Waals surface area contributed by atoms with Crippen LogP contribution < -0.4 is 9.62 Å². The highest BCUT2D eigenvalue weighted by Crippen LogP contribution is 2.29. The number of para-hydroxylation sites is 1. The summed E-state index contributed by atoms with van der Waals surface area (Å²) in [6.45, 7) is 5.02. The molecule has 4 rings (SSSR count). The zero-order chi connectivity index (χ0) is 30.4. The molecule has 42 heavy (non-hydrogen) atoms. The molecule has 0 saturated heterocycles. The topological polar surface area (TPSA) is 86.8 Å². The quantitative estimate of drug-likeness (QED) is 0.256. The van der Waals surface area contributed by atoms with Crippen molar-refractivity contribution in [2.45, 2.75) is 76.4 Å². The van der Waals surface area contributed by atoms with Gasteiger partial charge in [0.15, 0.2) is 0 Å². The zero-order valence-corrected chi connectivity index (χ0v) is 26.5. The van der Waals surface area contributed by atoms with Crippen LogP contribution >= 0.6 is 23.2 Å². The van der Waals surface area contributed by atoms with E-state index in [1.165, 1.54) is 17.0 Å². The maximum atomic E-state index is 14.3. The Morgan fingerprint density at radius 3 is 2.26 bits per heavy atom. The van der Waals surface area contributed by atoms with E-state index in [4.69, 9.17) is 23.2 Å². The van der Waals surface area contributed by atoms with Gasteiger partial charge in [-0.2, -0.15) is 0 Å². The molecule has 0 aromatic heterocycles. The largest absolute Gasteiger partial charge is 0.352 e. The summed E-state index contributed by atoms with van der Waals surface area (Å²) in [6.07, 6.45) is 4.23. The number of carbonyl (C=O) groups is 2. The summed E-state index contributed by atoms with van der Waals surface area (Å²) < 4.78 is 29.2. The van der Waals surface area contributed by atoms with E-state index in [9.17, 15) is 18.0 Å². The maximum Gasteiger partial charge on any atom is 0.264 e. The molecule has 1 aliphatic rings. The zero-order valence-electron chi connectivity index (χ0n) is 24.1. The molecule has 7 nitrogen and oxygen atoms in total. The first-order valence-electron chi connectivity index (χ1n) is 14.2. The van der Waals surface area contributed by atoms with Gasteiger partial charge in [0.05, 0.1) is 10.6 Å². The molecule has 224 valence electrons. The lowest BCUT2D eigenvalue weighted by molar-refractivity contribution is -0.140. The summed E-state index contributed by atoms with van der Waals surface area (Å²) in [5, 5.41) is 3.91. The van der Waals surface area contributed by atoms with Gasteiger partial charge in [0.25, 0.3) is 10.0 Å². The third-order valence-electron chi connectivity index (χ3n) is 7.72. The first-order chi connectivity index (χ1) is 20.0. The predicted octanol–water partition coefficient (Wildman–Crippen LogP) is 6.67. The van der Waals surface area contributed by atoms with Gasteiger partial charge in [0.1, 0.15) is 12.6 Å². The molecule has 3 aromatic carbocycles. The van der Waals surface area contributed by atoms with E-state index in [2.05, 4.69) is 5.32 Å². The van der Waals surface area contributed by atoms with Crippen LogP contribution in [0.2, 0.25) is 10.0 Å². The average molecular weight is 631 g/mol. The fourth-order valence-electron chi connectivity index (χ4n) is 5.31. The summed E-state index contributed by atoms with van der Waals surface area (Å²) in [7, 11) is -4.14. The van der Waals surface area contributed by atoms with Crippen LogP contribution in [-0.2, 0) is 26.2 Å². The number of rotatable bonds is 11. The van der Waals surface area contributed by atoms with Crippen molar-refractivity contribution in [2.24, 2.45) is 0 Å². The molecule has 3 aromatic rings. The lowest BCUT2D eigenvalue weighted by atomic mass is 10.1. The molecule has 0 bridgehead atoms. The smallest absolute Gasteiger partial charge is 0.264 e. The number of benzene rings is 3. The fourth-order valence-corrected chi connectivity index (χ4v) is 7.26. The van der Waals surface area contributed by atoms with Crippen LogP contribution in [0, 0.1) is 13.8 Å². The normalized spacial score (nSPS) is 14.4. The van der Waals surface area contributed by atoms with Crippen molar-refractivity contribution in [1.29, 1.82) is 0 Å². The SMILES string of the molecule is CC[C@H](C(=O)NC1CCCC1)N(Cc1ccc(Cl)cc1Cl)C(=O)CN(c1ccccc1C)S(=O)(=O)c1ccc(C)cc1. The highest BCUT2D eigenvalue weighted by Gasteiger charge is 2.35. The lowest BCUT2D eigenvalue weighted by Gasteiger charge is -2.34. The Labute approximate surface area is 258 Å². The van der Waals surface area contributed by atoms with E-state index >= 15 is 0 Å². The standard InChI is InChI=1S/C32H37Cl2N3O4S/c1-4-29(32(39)35-26-10-6-7-11-26)36(20-24-15-16-25(33)19-28(24)34)31(38)21-37(30-12-8-5-9-23(30)3)42(40,41)27-17-13-22(2)14-18-27/h5,8-9,12-19,26,29H,4,6-7,10-11,20-21H2,1-3H3,(H,35,39)/t29-/m1/s1. The summed E-state index contributed by atoms with van der Waals surface area (Å²) >= 11 is 12.6. The van der Waals surface area contributed by atoms with Crippen molar-refractivity contribution >= 4 is 50.7 Å². The Balaban J connectivity index is 1.74. The molecule has 1 N–H and O–H groups in total. The van der Waals surface area contributed by atoms with Gasteiger partial charge in [-0.1, -0.05) is 84.9 Å². The van der Waals surface area contributed by atoms with Crippen LogP contribution in [0.1, 0.15) is 55.7 Å². The van der Waals surface area contributed by atoms with E-state index in [0.29, 0.717) is 33.3 Å². The second-order valence-electron chi connectivity index (χ2n) is 10.8. The van der Waals surface area contributed by atoms with Gasteiger partial charge in [-0.15, -0.1) is 0 Å². The number of hydrogen-bond donors (Lipinski definition) is 1. The number of nitrogens with zero attached hydrogens (tertiary/aromatic N) is 2. The van der Waals surface area contributed by atoms with Gasteiger partial charge in [-0.3, -0.25) is 13.9 Å². The summed E-state index contributed by atoms with van der Waals surface area (Å²) in [6, 6.07) is 17.8. The summed E-state index contributed by atoms with van der Waals surface area (Å²) in [5.41, 5.74) is 2.60. The molecule has 1 saturated carbocycles. The number of amides is 2. The third kappa shape index (κ3) is 7.46. The third-order valence-corrected chi connectivity index (χ3v) is 10.1. The number of carbonyl (C=O) groups excluding carboxylic acids is 2. The van der Waals surface area contributed by atoms with Gasteiger partial charge in [-0.25, -0.2) is 8.42 Å². The van der Waals surface area contributed by atoms with E-state index in [-0.39, 0.29) is 23.4 Å². The van der Waals surface area contributed by atoms with Crippen LogP contribution in [0.4, 0.5) is 5.69 Å². The Morgan fingerprint density at radius 2 is 1.64 bits per heavy atom. The summed E-state index contributed by atoms with van der Waals surface area (Å²) in [4.78, 5) is 29.4. The van der Waals surface area contributed by atoms with Crippen LogP contribution in [-0.4, -0.2) is 43.8 Å². The minimum atomic E-state index is -4.14. The Bertz CT molecular complexity index is 1520. The predicted molar refractivity (Wildman–Crippen MR) is 168 cm³/mol. The molecule has 1 aliphatic carbocycles. The van der Waals surface area contributed by atoms with Gasteiger partial charge >= 0.3 is 0 Å². The van der Waals surface area contributed by atoms with E-state index in [1.54, 1.807) is 55.5 Å². The highest BCUT2D eigenvalue weighted by molar-refractivity contribution is 7.92. The highest BCUT2D eigenvalue weighted by atomic mass is 35.5. The van der Waals surface area contributed by atoms with Gasteiger partial charge in [0, 0.05) is 22.6 Å². The molecule has 0 spiro atoms. The van der Waals surface area contributed by atoms with Crippen LogP contribution in [0.3, 0.4) is 0 Å². The van der Waals surface area contributed by atoms with Crippen molar-refractivity contribution in [2.75, 3.05) is 10.8 Å². The van der Waals surface area contributed by atoms with Gasteiger partial charge in [-0.05, 0) is 74.6 Å². The van der Waals surface area contributed by atoms with Crippen molar-refractivity contribution in [3.05, 3.63) is 93.5 Å². The maximum absolute atomic E-state index is 14.3. The molecule has 0 radical (unpaired) electrons.